The van der Waals surface area contributed by atoms with Gasteiger partial charge in [-0.15, -0.1) is 0 Å². The molecule has 1 rings (SSSR count). The number of nitrogens with one attached hydrogen (secondary N) is 1. The minimum Gasteiger partial charge on any atom is -0.463 e. The van der Waals surface area contributed by atoms with E-state index >= 15 is 0 Å². The minimum atomic E-state index is -0.253. The number of esters is 1. The van der Waals surface area contributed by atoms with Crippen molar-refractivity contribution >= 4 is 5.97 Å². The van der Waals surface area contributed by atoms with Gasteiger partial charge in [0.1, 0.15) is 0 Å². The highest BCUT2D eigenvalue weighted by molar-refractivity contribution is 5.81. The summed E-state index contributed by atoms with van der Waals surface area (Å²) in [5.74, 6) is -0.253. The molecular formula is C14H25NO2. The van der Waals surface area contributed by atoms with Crippen LogP contribution in [0.25, 0.3) is 0 Å². The third-order valence-corrected chi connectivity index (χ3v) is 3.53. The molecule has 0 aromatic rings. The van der Waals surface area contributed by atoms with E-state index in [2.05, 4.69) is 19.2 Å². The SMILES string of the molecule is CCOC(=O)/C=C/CNC1CCCCC1(C)C. The first-order chi connectivity index (χ1) is 8.06. The lowest BCUT2D eigenvalue weighted by molar-refractivity contribution is -0.137. The zero-order chi connectivity index (χ0) is 12.7. The van der Waals surface area contributed by atoms with Crippen molar-refractivity contribution in [1.82, 2.24) is 5.32 Å². The average molecular weight is 239 g/mol. The second-order valence-corrected chi connectivity index (χ2v) is 5.35. The number of hydrogen-bond donors (Lipinski definition) is 1. The molecule has 1 fully saturated rings. The summed E-state index contributed by atoms with van der Waals surface area (Å²) in [6.45, 7) is 7.63. The summed E-state index contributed by atoms with van der Waals surface area (Å²) in [5, 5.41) is 3.51. The molecule has 17 heavy (non-hydrogen) atoms. The van der Waals surface area contributed by atoms with Crippen molar-refractivity contribution in [2.75, 3.05) is 13.2 Å². The Balaban J connectivity index is 2.28. The zero-order valence-electron chi connectivity index (χ0n) is 11.3. The van der Waals surface area contributed by atoms with Crippen LogP contribution < -0.4 is 5.32 Å². The van der Waals surface area contributed by atoms with Gasteiger partial charge < -0.3 is 10.1 Å². The molecule has 1 N–H and O–H groups in total. The lowest BCUT2D eigenvalue weighted by Crippen LogP contribution is -2.44. The molecule has 0 bridgehead atoms. The van der Waals surface area contributed by atoms with Crippen LogP contribution in [0.5, 0.6) is 0 Å². The molecule has 1 saturated carbocycles. The van der Waals surface area contributed by atoms with E-state index in [0.717, 1.165) is 6.54 Å². The first kappa shape index (κ1) is 14.2. The number of rotatable bonds is 5. The predicted molar refractivity (Wildman–Crippen MR) is 69.8 cm³/mol. The van der Waals surface area contributed by atoms with Gasteiger partial charge in [0.2, 0.25) is 0 Å². The highest BCUT2D eigenvalue weighted by atomic mass is 16.5. The summed E-state index contributed by atoms with van der Waals surface area (Å²) in [4.78, 5) is 11.1. The van der Waals surface area contributed by atoms with Crippen molar-refractivity contribution in [2.45, 2.75) is 52.5 Å². The van der Waals surface area contributed by atoms with Gasteiger partial charge in [-0.05, 0) is 25.2 Å². The topological polar surface area (TPSA) is 38.3 Å². The lowest BCUT2D eigenvalue weighted by atomic mass is 9.73. The third kappa shape index (κ3) is 4.90. The quantitative estimate of drug-likeness (QED) is 0.592. The summed E-state index contributed by atoms with van der Waals surface area (Å²) >= 11 is 0. The van der Waals surface area contributed by atoms with Gasteiger partial charge in [-0.3, -0.25) is 0 Å². The van der Waals surface area contributed by atoms with Crippen LogP contribution in [-0.2, 0) is 9.53 Å². The van der Waals surface area contributed by atoms with Crippen molar-refractivity contribution in [3.05, 3.63) is 12.2 Å². The van der Waals surface area contributed by atoms with Gasteiger partial charge in [-0.2, -0.15) is 0 Å². The van der Waals surface area contributed by atoms with E-state index in [0.29, 0.717) is 18.1 Å². The Bertz CT molecular complexity index is 271. The van der Waals surface area contributed by atoms with Gasteiger partial charge in [-0.1, -0.05) is 32.8 Å². The molecule has 0 aromatic carbocycles. The summed E-state index contributed by atoms with van der Waals surface area (Å²) < 4.78 is 4.82. The van der Waals surface area contributed by atoms with Gasteiger partial charge in [0.25, 0.3) is 0 Å². The molecular weight excluding hydrogens is 214 g/mol. The van der Waals surface area contributed by atoms with E-state index in [4.69, 9.17) is 4.74 Å². The Morgan fingerprint density at radius 2 is 2.24 bits per heavy atom. The Morgan fingerprint density at radius 3 is 2.88 bits per heavy atom. The maximum Gasteiger partial charge on any atom is 0.330 e. The van der Waals surface area contributed by atoms with Crippen LogP contribution in [0.2, 0.25) is 0 Å². The smallest absolute Gasteiger partial charge is 0.330 e. The van der Waals surface area contributed by atoms with Gasteiger partial charge in [-0.25, -0.2) is 4.79 Å². The van der Waals surface area contributed by atoms with E-state index in [9.17, 15) is 4.79 Å². The maximum atomic E-state index is 11.1. The summed E-state index contributed by atoms with van der Waals surface area (Å²) in [5.41, 5.74) is 0.371. The maximum absolute atomic E-state index is 11.1. The predicted octanol–water partition coefficient (Wildman–Crippen LogP) is 2.66. The van der Waals surface area contributed by atoms with Gasteiger partial charge in [0.05, 0.1) is 6.61 Å². The molecule has 1 atom stereocenters. The fraction of sp³-hybridized carbons (Fsp3) is 0.786. The van der Waals surface area contributed by atoms with Crippen molar-refractivity contribution in [3.63, 3.8) is 0 Å². The highest BCUT2D eigenvalue weighted by Crippen LogP contribution is 2.35. The molecule has 0 heterocycles. The van der Waals surface area contributed by atoms with Crippen molar-refractivity contribution in [1.29, 1.82) is 0 Å². The van der Waals surface area contributed by atoms with Gasteiger partial charge in [0.15, 0.2) is 0 Å². The molecule has 1 aliphatic carbocycles. The van der Waals surface area contributed by atoms with Crippen LogP contribution in [0.15, 0.2) is 12.2 Å². The second kappa shape index (κ2) is 6.80. The Labute approximate surface area is 105 Å². The Kier molecular flexibility index (Phi) is 5.69. The number of ether oxygens (including phenoxy) is 1. The largest absolute Gasteiger partial charge is 0.463 e. The van der Waals surface area contributed by atoms with E-state index in [1.807, 2.05) is 13.0 Å². The zero-order valence-corrected chi connectivity index (χ0v) is 11.3. The monoisotopic (exact) mass is 239 g/mol. The number of carbonyl (C=O) groups excluding carboxylic acids is 1. The van der Waals surface area contributed by atoms with Crippen LogP contribution in [-0.4, -0.2) is 25.2 Å². The third-order valence-electron chi connectivity index (χ3n) is 3.53. The Morgan fingerprint density at radius 1 is 1.47 bits per heavy atom. The van der Waals surface area contributed by atoms with E-state index in [1.165, 1.54) is 31.8 Å². The fourth-order valence-corrected chi connectivity index (χ4v) is 2.43. The highest BCUT2D eigenvalue weighted by Gasteiger charge is 2.31. The standard InChI is InChI=1S/C14H25NO2/c1-4-17-13(16)9-7-11-15-12-8-5-6-10-14(12,2)3/h7,9,12,15H,4-6,8,10-11H2,1-3H3/b9-7+. The van der Waals surface area contributed by atoms with Crippen LogP contribution in [0, 0.1) is 5.41 Å². The van der Waals surface area contributed by atoms with Gasteiger partial charge >= 0.3 is 5.97 Å². The van der Waals surface area contributed by atoms with Crippen LogP contribution in [0.1, 0.15) is 46.5 Å². The first-order valence-corrected chi connectivity index (χ1v) is 6.63. The van der Waals surface area contributed by atoms with Crippen LogP contribution in [0.3, 0.4) is 0 Å². The molecule has 1 aliphatic rings. The molecule has 0 spiro atoms. The average Bonchev–Trinajstić information content (AvgIpc) is 2.26. The first-order valence-electron chi connectivity index (χ1n) is 6.63. The van der Waals surface area contributed by atoms with Crippen LogP contribution >= 0.6 is 0 Å². The fourth-order valence-electron chi connectivity index (χ4n) is 2.43. The van der Waals surface area contributed by atoms with Crippen molar-refractivity contribution < 1.29 is 9.53 Å². The molecule has 0 aliphatic heterocycles. The second-order valence-electron chi connectivity index (χ2n) is 5.35. The number of hydrogen-bond acceptors (Lipinski definition) is 3. The molecule has 0 radical (unpaired) electrons. The summed E-state index contributed by atoms with van der Waals surface area (Å²) in [6, 6.07) is 0.558. The molecule has 3 heteroatoms. The van der Waals surface area contributed by atoms with Crippen LogP contribution in [0.4, 0.5) is 0 Å². The molecule has 1 unspecified atom stereocenters. The lowest BCUT2D eigenvalue weighted by Gasteiger charge is -2.39. The normalized spacial score (nSPS) is 23.8. The van der Waals surface area contributed by atoms with E-state index in [-0.39, 0.29) is 5.97 Å². The molecule has 0 aromatic heterocycles. The van der Waals surface area contributed by atoms with Gasteiger partial charge in [0, 0.05) is 18.7 Å². The Hall–Kier alpha value is -0.830. The molecule has 3 nitrogen and oxygen atoms in total. The van der Waals surface area contributed by atoms with Crippen molar-refractivity contribution in [2.24, 2.45) is 5.41 Å². The van der Waals surface area contributed by atoms with Crippen molar-refractivity contribution in [3.8, 4) is 0 Å². The summed E-state index contributed by atoms with van der Waals surface area (Å²) in [7, 11) is 0. The molecule has 0 amide bonds. The molecule has 0 saturated heterocycles. The summed E-state index contributed by atoms with van der Waals surface area (Å²) in [6.07, 6.45) is 8.52. The minimum absolute atomic E-state index is 0.253. The number of carbonyl (C=O) groups is 1. The molecule has 98 valence electrons. The van der Waals surface area contributed by atoms with E-state index in [1.54, 1.807) is 0 Å². The van der Waals surface area contributed by atoms with E-state index < -0.39 is 0 Å².